The van der Waals surface area contributed by atoms with Gasteiger partial charge in [-0.2, -0.15) is 0 Å². The van der Waals surface area contributed by atoms with Crippen molar-refractivity contribution in [2.24, 2.45) is 0 Å². The fourth-order valence-corrected chi connectivity index (χ4v) is 4.38. The highest BCUT2D eigenvalue weighted by Gasteiger charge is 2.11. The first-order chi connectivity index (χ1) is 9.92. The molecule has 0 aliphatic heterocycles. The predicted molar refractivity (Wildman–Crippen MR) is 88.7 cm³/mol. The minimum atomic E-state index is 1.22. The van der Waals surface area contributed by atoms with Gasteiger partial charge >= 0.3 is 0 Å². The zero-order valence-corrected chi connectivity index (χ0v) is 11.5. The van der Waals surface area contributed by atoms with Crippen LogP contribution in [-0.4, -0.2) is 4.98 Å². The van der Waals surface area contributed by atoms with Crippen LogP contribution in [0.15, 0.2) is 60.7 Å². The summed E-state index contributed by atoms with van der Waals surface area (Å²) in [7, 11) is 0. The van der Waals surface area contributed by atoms with Gasteiger partial charge in [0.25, 0.3) is 0 Å². The van der Waals surface area contributed by atoms with Crippen LogP contribution in [0.2, 0.25) is 0 Å². The molecular weight excluding hydrogens is 262 g/mol. The van der Waals surface area contributed by atoms with Gasteiger partial charge in [0.1, 0.15) is 0 Å². The van der Waals surface area contributed by atoms with Crippen LogP contribution in [0.3, 0.4) is 0 Å². The summed E-state index contributed by atoms with van der Waals surface area (Å²) in [5, 5.41) is 5.40. The molecule has 5 aromatic rings. The Balaban J connectivity index is 2.14. The van der Waals surface area contributed by atoms with Gasteiger partial charge in [0.05, 0.1) is 0 Å². The van der Waals surface area contributed by atoms with Crippen LogP contribution < -0.4 is 0 Å². The van der Waals surface area contributed by atoms with Crippen molar-refractivity contribution in [1.82, 2.24) is 4.98 Å². The van der Waals surface area contributed by atoms with Gasteiger partial charge in [0.2, 0.25) is 0 Å². The molecule has 1 N–H and O–H groups in total. The Morgan fingerprint density at radius 2 is 1.45 bits per heavy atom. The van der Waals surface area contributed by atoms with Crippen LogP contribution in [0.5, 0.6) is 0 Å². The molecule has 2 heteroatoms. The first-order valence-corrected chi connectivity index (χ1v) is 7.54. The Kier molecular flexibility index (Phi) is 1.89. The lowest BCUT2D eigenvalue weighted by atomic mass is 10.1. The number of hydrogen-bond donors (Lipinski definition) is 1. The summed E-state index contributed by atoms with van der Waals surface area (Å²) < 4.78 is 2.75. The molecule has 0 bridgehead atoms. The highest BCUT2D eigenvalue weighted by molar-refractivity contribution is 7.26. The van der Waals surface area contributed by atoms with E-state index in [-0.39, 0.29) is 0 Å². The van der Waals surface area contributed by atoms with Crippen molar-refractivity contribution in [1.29, 1.82) is 0 Å². The molecule has 94 valence electrons. The molecule has 3 aromatic carbocycles. The Labute approximate surface area is 119 Å². The van der Waals surface area contributed by atoms with Gasteiger partial charge in [-0.15, -0.1) is 11.3 Å². The predicted octanol–water partition coefficient (Wildman–Crippen LogP) is 5.69. The third-order valence-electron chi connectivity index (χ3n) is 4.01. The summed E-state index contributed by atoms with van der Waals surface area (Å²) in [6.45, 7) is 0. The van der Waals surface area contributed by atoms with E-state index in [1.165, 1.54) is 42.0 Å². The molecule has 2 aromatic heterocycles. The van der Waals surface area contributed by atoms with Crippen LogP contribution in [-0.2, 0) is 0 Å². The van der Waals surface area contributed by atoms with Crippen molar-refractivity contribution >= 4 is 53.3 Å². The fraction of sp³-hybridized carbons (Fsp3) is 0. The zero-order valence-electron chi connectivity index (χ0n) is 10.7. The van der Waals surface area contributed by atoms with Crippen LogP contribution in [0.1, 0.15) is 0 Å². The summed E-state index contributed by atoms with van der Waals surface area (Å²) in [6.07, 6.45) is 0. The largest absolute Gasteiger partial charge is 0.354 e. The molecular formula is C18H11NS. The molecule has 0 saturated carbocycles. The summed E-state index contributed by atoms with van der Waals surface area (Å²) in [4.78, 5) is 3.52. The van der Waals surface area contributed by atoms with E-state index in [2.05, 4.69) is 65.6 Å². The molecule has 0 amide bonds. The van der Waals surface area contributed by atoms with E-state index in [0.29, 0.717) is 0 Å². The Hall–Kier alpha value is -2.32. The number of rotatable bonds is 0. The SMILES string of the molecule is c1ccc2c(c1)[nH]c1ccc3c4ccccc4sc3c12. The molecule has 5 rings (SSSR count). The molecule has 0 saturated heterocycles. The molecule has 0 atom stereocenters. The smallest absolute Gasteiger partial charge is 0.0479 e. The van der Waals surface area contributed by atoms with Crippen molar-refractivity contribution in [3.63, 3.8) is 0 Å². The zero-order chi connectivity index (χ0) is 13.1. The van der Waals surface area contributed by atoms with E-state index < -0.39 is 0 Å². The third-order valence-corrected chi connectivity index (χ3v) is 5.22. The minimum absolute atomic E-state index is 1.22. The van der Waals surface area contributed by atoms with E-state index >= 15 is 0 Å². The molecule has 20 heavy (non-hydrogen) atoms. The van der Waals surface area contributed by atoms with E-state index in [1.807, 2.05) is 11.3 Å². The second-order valence-electron chi connectivity index (χ2n) is 5.13. The maximum Gasteiger partial charge on any atom is 0.0479 e. The van der Waals surface area contributed by atoms with E-state index in [4.69, 9.17) is 0 Å². The number of hydrogen-bond acceptors (Lipinski definition) is 1. The molecule has 0 spiro atoms. The molecule has 1 nitrogen and oxygen atoms in total. The maximum atomic E-state index is 3.52. The lowest BCUT2D eigenvalue weighted by molar-refractivity contribution is 1.55. The van der Waals surface area contributed by atoms with Gasteiger partial charge in [-0.3, -0.25) is 0 Å². The van der Waals surface area contributed by atoms with E-state index in [0.717, 1.165) is 0 Å². The van der Waals surface area contributed by atoms with Gasteiger partial charge in [0, 0.05) is 42.0 Å². The van der Waals surface area contributed by atoms with Crippen molar-refractivity contribution < 1.29 is 0 Å². The average molecular weight is 273 g/mol. The monoisotopic (exact) mass is 273 g/mol. The van der Waals surface area contributed by atoms with Crippen LogP contribution in [0.25, 0.3) is 42.0 Å². The summed E-state index contributed by atoms with van der Waals surface area (Å²) in [5.74, 6) is 0. The van der Waals surface area contributed by atoms with Gasteiger partial charge in [-0.25, -0.2) is 0 Å². The molecule has 0 aliphatic carbocycles. The van der Waals surface area contributed by atoms with Gasteiger partial charge in [0.15, 0.2) is 0 Å². The third kappa shape index (κ3) is 1.22. The number of benzene rings is 3. The van der Waals surface area contributed by atoms with Crippen LogP contribution in [0.4, 0.5) is 0 Å². The lowest BCUT2D eigenvalue weighted by Gasteiger charge is -1.94. The molecule has 0 unspecified atom stereocenters. The summed E-state index contributed by atoms with van der Waals surface area (Å²) in [6, 6.07) is 21.7. The van der Waals surface area contributed by atoms with Crippen molar-refractivity contribution in [2.45, 2.75) is 0 Å². The van der Waals surface area contributed by atoms with Gasteiger partial charge < -0.3 is 4.98 Å². The Morgan fingerprint density at radius 3 is 2.40 bits per heavy atom. The first kappa shape index (κ1) is 10.5. The minimum Gasteiger partial charge on any atom is -0.354 e. The molecule has 0 fully saturated rings. The highest BCUT2D eigenvalue weighted by Crippen LogP contribution is 2.40. The topological polar surface area (TPSA) is 15.8 Å². The highest BCUT2D eigenvalue weighted by atomic mass is 32.1. The van der Waals surface area contributed by atoms with Crippen molar-refractivity contribution in [3.05, 3.63) is 60.7 Å². The van der Waals surface area contributed by atoms with Crippen molar-refractivity contribution in [3.8, 4) is 0 Å². The maximum absolute atomic E-state index is 3.52. The normalized spacial score (nSPS) is 12.0. The Bertz CT molecular complexity index is 1100. The molecule has 0 aliphatic rings. The molecule has 2 heterocycles. The Morgan fingerprint density at radius 1 is 0.650 bits per heavy atom. The van der Waals surface area contributed by atoms with E-state index in [1.54, 1.807) is 0 Å². The number of H-pyrrole nitrogens is 1. The lowest BCUT2D eigenvalue weighted by Crippen LogP contribution is -1.69. The summed E-state index contributed by atoms with van der Waals surface area (Å²) in [5.41, 5.74) is 2.44. The second-order valence-corrected chi connectivity index (χ2v) is 6.19. The van der Waals surface area contributed by atoms with Crippen LogP contribution >= 0.6 is 11.3 Å². The quantitative estimate of drug-likeness (QED) is 0.373. The number of fused-ring (bicyclic) bond motifs is 7. The number of aromatic amines is 1. The number of aromatic nitrogens is 1. The van der Waals surface area contributed by atoms with Gasteiger partial charge in [-0.05, 0) is 18.2 Å². The molecule has 0 radical (unpaired) electrons. The number of thiophene rings is 1. The standard InChI is InChI=1S/C18H11NS/c1-3-7-14-13(6-1)17-15(19-14)10-9-12-11-5-2-4-8-16(11)20-18(12)17/h1-10,19H. The van der Waals surface area contributed by atoms with Crippen LogP contribution in [0, 0.1) is 0 Å². The van der Waals surface area contributed by atoms with Gasteiger partial charge in [-0.1, -0.05) is 42.5 Å². The first-order valence-electron chi connectivity index (χ1n) is 6.72. The number of para-hydroxylation sites is 1. The second kappa shape index (κ2) is 3.62. The van der Waals surface area contributed by atoms with E-state index in [9.17, 15) is 0 Å². The fourth-order valence-electron chi connectivity index (χ4n) is 3.12. The summed E-state index contributed by atoms with van der Waals surface area (Å²) >= 11 is 1.89. The van der Waals surface area contributed by atoms with Crippen molar-refractivity contribution in [2.75, 3.05) is 0 Å². The average Bonchev–Trinajstić information content (AvgIpc) is 3.04. The number of nitrogens with one attached hydrogen (secondary N) is 1.